The molecule has 3 heterocycles. The molecule has 1 spiro atoms. The molecule has 1 amide bonds. The van der Waals surface area contributed by atoms with Crippen molar-refractivity contribution >= 4 is 11.6 Å². The fourth-order valence-electron chi connectivity index (χ4n) is 4.76. The maximum Gasteiger partial charge on any atom is 0.387 e. The molecular formula is C23H23F2N3O3. The Morgan fingerprint density at radius 1 is 1.19 bits per heavy atom. The maximum atomic E-state index is 12.7. The van der Waals surface area contributed by atoms with Crippen molar-refractivity contribution in [2.45, 2.75) is 44.6 Å². The van der Waals surface area contributed by atoms with E-state index >= 15 is 0 Å². The minimum Gasteiger partial charge on any atom is -0.466 e. The Labute approximate surface area is 179 Å². The lowest BCUT2D eigenvalue weighted by molar-refractivity contribution is -0.158. The summed E-state index contributed by atoms with van der Waals surface area (Å²) >= 11 is 0. The largest absolute Gasteiger partial charge is 0.466 e. The van der Waals surface area contributed by atoms with Crippen molar-refractivity contribution in [3.8, 4) is 11.5 Å². The van der Waals surface area contributed by atoms with Crippen LogP contribution in [0.15, 0.2) is 53.6 Å². The SMILES string of the molecule is CC(=O)N1CCC2(CC1)Oc1ccccc1[C@@H]1CC(c3cccc(OC(F)F)c3)=NN12. The molecule has 0 aromatic heterocycles. The first-order valence-electron chi connectivity index (χ1n) is 10.4. The summed E-state index contributed by atoms with van der Waals surface area (Å²) < 4.78 is 36.4. The quantitative estimate of drug-likeness (QED) is 0.738. The van der Waals surface area contributed by atoms with E-state index in [-0.39, 0.29) is 17.7 Å². The summed E-state index contributed by atoms with van der Waals surface area (Å²) in [6, 6.07) is 14.6. The van der Waals surface area contributed by atoms with Crippen LogP contribution >= 0.6 is 0 Å². The van der Waals surface area contributed by atoms with E-state index in [0.717, 1.165) is 22.6 Å². The molecule has 0 unspecified atom stereocenters. The molecule has 8 heteroatoms. The standard InChI is InChI=1S/C23H23F2N3O3/c1-15(29)27-11-9-23(10-12-27)28-20(18-7-2-3-8-21(18)31-23)14-19(26-28)16-5-4-6-17(13-16)30-22(24)25/h2-8,13,20,22H,9-12,14H2,1H3/t20-/m0/s1. The van der Waals surface area contributed by atoms with Crippen molar-refractivity contribution in [3.05, 3.63) is 59.7 Å². The van der Waals surface area contributed by atoms with Crippen LogP contribution in [-0.2, 0) is 4.79 Å². The summed E-state index contributed by atoms with van der Waals surface area (Å²) in [7, 11) is 0. The van der Waals surface area contributed by atoms with E-state index < -0.39 is 12.3 Å². The van der Waals surface area contributed by atoms with Crippen molar-refractivity contribution in [1.82, 2.24) is 9.91 Å². The maximum absolute atomic E-state index is 12.7. The van der Waals surface area contributed by atoms with Crippen molar-refractivity contribution in [1.29, 1.82) is 0 Å². The number of benzene rings is 2. The Morgan fingerprint density at radius 2 is 1.97 bits per heavy atom. The number of para-hydroxylation sites is 1. The van der Waals surface area contributed by atoms with Crippen LogP contribution in [0.4, 0.5) is 8.78 Å². The number of carbonyl (C=O) groups is 1. The summed E-state index contributed by atoms with van der Waals surface area (Å²) in [5.41, 5.74) is 1.98. The van der Waals surface area contributed by atoms with Crippen molar-refractivity contribution in [2.75, 3.05) is 13.1 Å². The number of piperidine rings is 1. The van der Waals surface area contributed by atoms with Gasteiger partial charge in [-0.3, -0.25) is 4.79 Å². The van der Waals surface area contributed by atoms with Gasteiger partial charge in [-0.2, -0.15) is 13.9 Å². The van der Waals surface area contributed by atoms with Gasteiger partial charge in [-0.15, -0.1) is 0 Å². The van der Waals surface area contributed by atoms with Crippen LogP contribution < -0.4 is 9.47 Å². The van der Waals surface area contributed by atoms with E-state index in [0.29, 0.717) is 32.4 Å². The minimum absolute atomic E-state index is 0.0106. The molecule has 1 saturated heterocycles. The van der Waals surface area contributed by atoms with Gasteiger partial charge in [-0.1, -0.05) is 30.3 Å². The third-order valence-electron chi connectivity index (χ3n) is 6.29. The number of nitrogens with zero attached hydrogens (tertiary/aromatic N) is 3. The molecule has 2 aromatic carbocycles. The first kappa shape index (κ1) is 19.8. The molecule has 0 saturated carbocycles. The van der Waals surface area contributed by atoms with E-state index in [2.05, 4.69) is 4.74 Å². The Bertz CT molecular complexity index is 1030. The molecule has 6 nitrogen and oxygen atoms in total. The van der Waals surface area contributed by atoms with Gasteiger partial charge in [0.1, 0.15) is 11.5 Å². The Kier molecular flexibility index (Phi) is 4.79. The molecule has 0 bridgehead atoms. The van der Waals surface area contributed by atoms with E-state index in [9.17, 15) is 13.6 Å². The molecule has 0 radical (unpaired) electrons. The topological polar surface area (TPSA) is 54.4 Å². The van der Waals surface area contributed by atoms with Crippen LogP contribution in [0.5, 0.6) is 11.5 Å². The first-order valence-corrected chi connectivity index (χ1v) is 10.4. The van der Waals surface area contributed by atoms with Crippen molar-refractivity contribution in [2.24, 2.45) is 5.10 Å². The number of amides is 1. The van der Waals surface area contributed by atoms with Crippen LogP contribution in [0.1, 0.15) is 43.4 Å². The van der Waals surface area contributed by atoms with Crippen LogP contribution in [0.25, 0.3) is 0 Å². The van der Waals surface area contributed by atoms with E-state index in [1.54, 1.807) is 19.1 Å². The highest BCUT2D eigenvalue weighted by Gasteiger charge is 2.52. The van der Waals surface area contributed by atoms with Gasteiger partial charge in [0, 0.05) is 50.4 Å². The zero-order chi connectivity index (χ0) is 21.6. The van der Waals surface area contributed by atoms with Crippen LogP contribution in [-0.4, -0.2) is 47.0 Å². The fourth-order valence-corrected chi connectivity index (χ4v) is 4.76. The number of carbonyl (C=O) groups excluding carboxylic acids is 1. The number of likely N-dealkylation sites (tertiary alicyclic amines) is 1. The number of hydrazone groups is 1. The van der Waals surface area contributed by atoms with E-state index in [1.165, 1.54) is 6.07 Å². The highest BCUT2D eigenvalue weighted by atomic mass is 19.3. The van der Waals surface area contributed by atoms with Gasteiger partial charge in [-0.05, 0) is 18.2 Å². The predicted octanol–water partition coefficient (Wildman–Crippen LogP) is 4.17. The lowest BCUT2D eigenvalue weighted by atomic mass is 9.90. The lowest BCUT2D eigenvalue weighted by Gasteiger charge is -2.51. The predicted molar refractivity (Wildman–Crippen MR) is 110 cm³/mol. The summed E-state index contributed by atoms with van der Waals surface area (Å²) in [5, 5.41) is 6.96. The monoisotopic (exact) mass is 427 g/mol. The average molecular weight is 427 g/mol. The van der Waals surface area contributed by atoms with Gasteiger partial charge in [0.25, 0.3) is 0 Å². The summed E-state index contributed by atoms with van der Waals surface area (Å²) in [5.74, 6) is 1.01. The number of fused-ring (bicyclic) bond motifs is 4. The molecule has 1 fully saturated rings. The number of hydrogen-bond acceptors (Lipinski definition) is 5. The number of hydrogen-bond donors (Lipinski definition) is 0. The molecule has 162 valence electrons. The average Bonchev–Trinajstić information content (AvgIpc) is 3.21. The van der Waals surface area contributed by atoms with Gasteiger partial charge < -0.3 is 14.4 Å². The molecule has 2 aromatic rings. The molecule has 31 heavy (non-hydrogen) atoms. The lowest BCUT2D eigenvalue weighted by Crippen LogP contribution is -2.59. The molecule has 0 N–H and O–H groups in total. The second kappa shape index (κ2) is 7.51. The molecule has 1 atom stereocenters. The van der Waals surface area contributed by atoms with Crippen LogP contribution in [0, 0.1) is 0 Å². The zero-order valence-corrected chi connectivity index (χ0v) is 17.1. The summed E-state index contributed by atoms with van der Waals surface area (Å²) in [6.45, 7) is -0.0903. The van der Waals surface area contributed by atoms with Crippen molar-refractivity contribution in [3.63, 3.8) is 0 Å². The Morgan fingerprint density at radius 3 is 2.71 bits per heavy atom. The highest BCUT2D eigenvalue weighted by Crippen LogP contribution is 2.50. The number of halogens is 2. The molecule has 3 aliphatic heterocycles. The van der Waals surface area contributed by atoms with E-state index in [1.807, 2.05) is 40.2 Å². The van der Waals surface area contributed by atoms with E-state index in [4.69, 9.17) is 9.84 Å². The number of rotatable bonds is 3. The number of ether oxygens (including phenoxy) is 2. The van der Waals surface area contributed by atoms with Gasteiger partial charge in [0.2, 0.25) is 11.6 Å². The third-order valence-corrected chi connectivity index (χ3v) is 6.29. The normalized spacial score (nSPS) is 21.4. The molecule has 5 rings (SSSR count). The van der Waals surface area contributed by atoms with Crippen LogP contribution in [0.3, 0.4) is 0 Å². The van der Waals surface area contributed by atoms with Gasteiger partial charge in [-0.25, -0.2) is 5.01 Å². The third kappa shape index (κ3) is 3.49. The molecular weight excluding hydrogens is 404 g/mol. The highest BCUT2D eigenvalue weighted by molar-refractivity contribution is 6.02. The van der Waals surface area contributed by atoms with Gasteiger partial charge >= 0.3 is 6.61 Å². The summed E-state index contributed by atoms with van der Waals surface area (Å²) in [4.78, 5) is 13.6. The Hall–Kier alpha value is -3.16. The second-order valence-electron chi connectivity index (χ2n) is 8.11. The molecule has 3 aliphatic rings. The second-order valence-corrected chi connectivity index (χ2v) is 8.11. The molecule has 0 aliphatic carbocycles. The van der Waals surface area contributed by atoms with Gasteiger partial charge in [0.15, 0.2) is 0 Å². The first-order chi connectivity index (χ1) is 14.9. The van der Waals surface area contributed by atoms with Crippen molar-refractivity contribution < 1.29 is 23.0 Å². The van der Waals surface area contributed by atoms with Gasteiger partial charge in [0.05, 0.1) is 11.8 Å². The smallest absolute Gasteiger partial charge is 0.387 e. The Balaban J connectivity index is 1.50. The zero-order valence-electron chi connectivity index (χ0n) is 17.1. The minimum atomic E-state index is -2.87. The van der Waals surface area contributed by atoms with Crippen LogP contribution in [0.2, 0.25) is 0 Å². The fraction of sp³-hybridized carbons (Fsp3) is 0.391. The summed E-state index contributed by atoms with van der Waals surface area (Å²) in [6.07, 6.45) is 1.92. The number of alkyl halides is 2.